The van der Waals surface area contributed by atoms with Crippen LogP contribution in [0.3, 0.4) is 0 Å². The van der Waals surface area contributed by atoms with Crippen molar-refractivity contribution in [1.82, 2.24) is 5.32 Å². The number of carbonyl (C=O) groups excluding carboxylic acids is 2. The number of anilines is 1. The van der Waals surface area contributed by atoms with Crippen molar-refractivity contribution in [3.63, 3.8) is 0 Å². The molecule has 1 heterocycles. The van der Waals surface area contributed by atoms with Gasteiger partial charge in [-0.2, -0.15) is 0 Å². The Morgan fingerprint density at radius 3 is 3.00 bits per heavy atom. The minimum absolute atomic E-state index is 0.0227. The number of halogens is 2. The van der Waals surface area contributed by atoms with Crippen molar-refractivity contribution in [3.8, 4) is 0 Å². The lowest BCUT2D eigenvalue weighted by molar-refractivity contribution is -0.131. The third kappa shape index (κ3) is 1.79. The van der Waals surface area contributed by atoms with E-state index in [0.29, 0.717) is 17.9 Å². The van der Waals surface area contributed by atoms with Gasteiger partial charge in [0.1, 0.15) is 11.9 Å². The van der Waals surface area contributed by atoms with Crippen molar-refractivity contribution >= 4 is 29.4 Å². The van der Waals surface area contributed by atoms with E-state index < -0.39 is 17.6 Å². The second kappa shape index (κ2) is 4.19. The summed E-state index contributed by atoms with van der Waals surface area (Å²) in [5.74, 6) is -1.25. The summed E-state index contributed by atoms with van der Waals surface area (Å²) in [4.78, 5) is 21.7. The van der Waals surface area contributed by atoms with E-state index in [1.165, 1.54) is 6.07 Å². The zero-order chi connectivity index (χ0) is 11.7. The molecule has 4 nitrogen and oxygen atoms in total. The zero-order valence-electron chi connectivity index (χ0n) is 8.09. The van der Waals surface area contributed by atoms with E-state index in [1.54, 1.807) is 0 Å². The smallest absolute Gasteiger partial charge is 0.216 e. The summed E-state index contributed by atoms with van der Waals surface area (Å²) in [5.41, 5.74) is 0.954. The number of carbonyl (C=O) groups is 2. The van der Waals surface area contributed by atoms with Crippen molar-refractivity contribution < 1.29 is 14.0 Å². The van der Waals surface area contributed by atoms with Gasteiger partial charge in [0.25, 0.3) is 0 Å². The number of hydrogen-bond donors (Lipinski definition) is 2. The van der Waals surface area contributed by atoms with Gasteiger partial charge in [0.15, 0.2) is 6.29 Å². The first-order chi connectivity index (χ1) is 7.63. The first kappa shape index (κ1) is 11.0. The SMILES string of the molecule is O=CC(=O)C1NCNc2cc(Cl)c(F)cc21. The van der Waals surface area contributed by atoms with E-state index in [-0.39, 0.29) is 11.3 Å². The molecule has 2 rings (SSSR count). The second-order valence-corrected chi connectivity index (χ2v) is 3.77. The van der Waals surface area contributed by atoms with E-state index >= 15 is 0 Å². The number of aldehydes is 1. The fraction of sp³-hybridized carbons (Fsp3) is 0.200. The Labute approximate surface area is 95.8 Å². The van der Waals surface area contributed by atoms with E-state index in [0.717, 1.165) is 6.07 Å². The minimum atomic E-state index is -0.805. The third-order valence-corrected chi connectivity index (χ3v) is 2.68. The average Bonchev–Trinajstić information content (AvgIpc) is 2.29. The highest BCUT2D eigenvalue weighted by Gasteiger charge is 2.26. The molecule has 16 heavy (non-hydrogen) atoms. The number of fused-ring (bicyclic) bond motifs is 1. The minimum Gasteiger partial charge on any atom is -0.372 e. The van der Waals surface area contributed by atoms with Gasteiger partial charge in [0.05, 0.1) is 11.7 Å². The highest BCUT2D eigenvalue weighted by molar-refractivity contribution is 6.31. The molecule has 2 N–H and O–H groups in total. The molecule has 1 aromatic carbocycles. The molecular weight excluding hydrogens is 235 g/mol. The predicted octanol–water partition coefficient (Wildman–Crippen LogP) is 1.26. The molecule has 1 unspecified atom stereocenters. The fourth-order valence-electron chi connectivity index (χ4n) is 1.63. The van der Waals surface area contributed by atoms with Gasteiger partial charge in [-0.15, -0.1) is 0 Å². The van der Waals surface area contributed by atoms with Crippen LogP contribution in [-0.4, -0.2) is 18.7 Å². The zero-order valence-corrected chi connectivity index (χ0v) is 8.84. The van der Waals surface area contributed by atoms with Gasteiger partial charge in [0.2, 0.25) is 5.78 Å². The summed E-state index contributed by atoms with van der Waals surface area (Å²) >= 11 is 5.62. The van der Waals surface area contributed by atoms with Crippen LogP contribution in [0.5, 0.6) is 0 Å². The van der Waals surface area contributed by atoms with Crippen LogP contribution < -0.4 is 10.6 Å². The summed E-state index contributed by atoms with van der Waals surface area (Å²) in [6.07, 6.45) is 0.222. The maximum absolute atomic E-state index is 13.3. The van der Waals surface area contributed by atoms with Gasteiger partial charge >= 0.3 is 0 Å². The average molecular weight is 243 g/mol. The topological polar surface area (TPSA) is 58.2 Å². The molecule has 0 spiro atoms. The van der Waals surface area contributed by atoms with Crippen molar-refractivity contribution in [2.45, 2.75) is 6.04 Å². The van der Waals surface area contributed by atoms with Crippen LogP contribution in [0.15, 0.2) is 12.1 Å². The number of rotatable bonds is 2. The molecule has 0 saturated carbocycles. The van der Waals surface area contributed by atoms with Crippen molar-refractivity contribution in [2.75, 3.05) is 12.0 Å². The molecule has 1 atom stereocenters. The van der Waals surface area contributed by atoms with Crippen LogP contribution in [0.25, 0.3) is 0 Å². The second-order valence-electron chi connectivity index (χ2n) is 3.36. The Hall–Kier alpha value is -1.46. The summed E-state index contributed by atoms with van der Waals surface area (Å²) < 4.78 is 13.3. The van der Waals surface area contributed by atoms with Gasteiger partial charge in [0, 0.05) is 11.3 Å². The Kier molecular flexibility index (Phi) is 2.89. The molecular formula is C10H8ClFN2O2. The molecule has 0 fully saturated rings. The summed E-state index contributed by atoms with van der Waals surface area (Å²) in [5, 5.41) is 5.66. The molecule has 0 aromatic heterocycles. The van der Waals surface area contributed by atoms with E-state index in [1.807, 2.05) is 0 Å². The van der Waals surface area contributed by atoms with Crippen LogP contribution in [0, 0.1) is 5.82 Å². The quantitative estimate of drug-likeness (QED) is 0.606. The van der Waals surface area contributed by atoms with Crippen molar-refractivity contribution in [2.24, 2.45) is 0 Å². The molecule has 0 saturated heterocycles. The van der Waals surface area contributed by atoms with Crippen molar-refractivity contribution in [1.29, 1.82) is 0 Å². The van der Waals surface area contributed by atoms with Crippen molar-refractivity contribution in [3.05, 3.63) is 28.5 Å². The van der Waals surface area contributed by atoms with Gasteiger partial charge < -0.3 is 5.32 Å². The number of Topliss-reactive ketones (excluding diaryl/α,β-unsaturated/α-hetero) is 1. The standard InChI is InChI=1S/C10H8ClFN2O2/c11-6-2-8-5(1-7(6)12)10(9(16)3-15)14-4-13-8/h1-3,10,13-14H,4H2. The first-order valence-corrected chi connectivity index (χ1v) is 4.96. The fourth-order valence-corrected chi connectivity index (χ4v) is 1.80. The monoisotopic (exact) mass is 242 g/mol. The van der Waals surface area contributed by atoms with E-state index in [4.69, 9.17) is 11.6 Å². The molecule has 84 valence electrons. The molecule has 6 heteroatoms. The lowest BCUT2D eigenvalue weighted by Crippen LogP contribution is -2.37. The van der Waals surface area contributed by atoms with E-state index in [9.17, 15) is 14.0 Å². The highest BCUT2D eigenvalue weighted by Crippen LogP contribution is 2.31. The molecule has 1 aliphatic heterocycles. The van der Waals surface area contributed by atoms with Gasteiger partial charge in [-0.1, -0.05) is 11.6 Å². The maximum Gasteiger partial charge on any atom is 0.216 e. The lowest BCUT2D eigenvalue weighted by Gasteiger charge is -2.26. The largest absolute Gasteiger partial charge is 0.372 e. The Balaban J connectivity index is 2.49. The molecule has 0 aliphatic carbocycles. The van der Waals surface area contributed by atoms with E-state index in [2.05, 4.69) is 10.6 Å². The number of nitrogens with one attached hydrogen (secondary N) is 2. The normalized spacial score (nSPS) is 18.5. The third-order valence-electron chi connectivity index (χ3n) is 2.39. The predicted molar refractivity (Wildman–Crippen MR) is 56.8 cm³/mol. The number of hydrogen-bond acceptors (Lipinski definition) is 4. The Morgan fingerprint density at radius 1 is 1.56 bits per heavy atom. The van der Waals surface area contributed by atoms with Crippen LogP contribution >= 0.6 is 11.6 Å². The van der Waals surface area contributed by atoms with Gasteiger partial charge in [-0.05, 0) is 12.1 Å². The van der Waals surface area contributed by atoms with Crippen LogP contribution in [0.4, 0.5) is 10.1 Å². The van der Waals surface area contributed by atoms with Gasteiger partial charge in [-0.3, -0.25) is 14.9 Å². The lowest BCUT2D eigenvalue weighted by atomic mass is 9.99. The molecule has 0 amide bonds. The molecule has 1 aliphatic rings. The first-order valence-electron chi connectivity index (χ1n) is 4.58. The van der Waals surface area contributed by atoms with Gasteiger partial charge in [-0.25, -0.2) is 4.39 Å². The molecule has 0 radical (unpaired) electrons. The highest BCUT2D eigenvalue weighted by atomic mass is 35.5. The summed E-state index contributed by atoms with van der Waals surface area (Å²) in [6.45, 7) is 0.319. The summed E-state index contributed by atoms with van der Waals surface area (Å²) in [7, 11) is 0. The molecule has 0 bridgehead atoms. The number of benzene rings is 1. The summed E-state index contributed by atoms with van der Waals surface area (Å²) in [6, 6.07) is 1.75. The van der Waals surface area contributed by atoms with Crippen LogP contribution in [0.1, 0.15) is 11.6 Å². The Morgan fingerprint density at radius 2 is 2.31 bits per heavy atom. The Bertz CT molecular complexity index is 464. The maximum atomic E-state index is 13.3. The number of ketones is 1. The van der Waals surface area contributed by atoms with Crippen LogP contribution in [-0.2, 0) is 9.59 Å². The van der Waals surface area contributed by atoms with Crippen LogP contribution in [0.2, 0.25) is 5.02 Å². The molecule has 1 aromatic rings.